The molecule has 1 rings (SSSR count). The number of aromatic carboxylic acids is 1. The number of carboxylic acids is 1. The van der Waals surface area contributed by atoms with Gasteiger partial charge in [0.05, 0.1) is 11.8 Å². The van der Waals surface area contributed by atoms with E-state index in [0.29, 0.717) is 12.4 Å². The molecule has 0 radical (unpaired) electrons. The third kappa shape index (κ3) is 2.23. The quantitative estimate of drug-likeness (QED) is 0.723. The van der Waals surface area contributed by atoms with Gasteiger partial charge in [-0.05, 0) is 6.42 Å². The third-order valence-electron chi connectivity index (χ3n) is 1.40. The van der Waals surface area contributed by atoms with Gasteiger partial charge in [0.25, 0.3) is 0 Å². The third-order valence-corrected chi connectivity index (χ3v) is 1.67. The highest BCUT2D eigenvalue weighted by Gasteiger charge is 2.04. The van der Waals surface area contributed by atoms with Gasteiger partial charge in [-0.15, -0.1) is 11.6 Å². The Hall–Kier alpha value is -1.03. The van der Waals surface area contributed by atoms with Crippen LogP contribution in [0.4, 0.5) is 0 Å². The lowest BCUT2D eigenvalue weighted by atomic mass is 10.4. The number of alkyl halides is 1. The summed E-state index contributed by atoms with van der Waals surface area (Å²) in [7, 11) is 0. The van der Waals surface area contributed by atoms with Crippen LogP contribution in [0, 0.1) is 0 Å². The monoisotopic (exact) mass is 188 g/mol. The normalized spacial score (nSPS) is 10.1. The molecule has 0 bridgehead atoms. The maximum atomic E-state index is 10.4. The average Bonchev–Trinajstić information content (AvgIpc) is 2.48. The largest absolute Gasteiger partial charge is 0.478 e. The van der Waals surface area contributed by atoms with Crippen LogP contribution in [0.25, 0.3) is 0 Å². The highest BCUT2D eigenvalue weighted by atomic mass is 35.5. The number of nitrogens with zero attached hydrogens (tertiary/aromatic N) is 2. The molecule has 1 heterocycles. The number of halogens is 1. The van der Waals surface area contributed by atoms with Gasteiger partial charge in [-0.3, -0.25) is 4.68 Å². The van der Waals surface area contributed by atoms with Gasteiger partial charge in [0.1, 0.15) is 0 Å². The van der Waals surface area contributed by atoms with E-state index in [-0.39, 0.29) is 5.56 Å². The molecule has 66 valence electrons. The highest BCUT2D eigenvalue weighted by Crippen LogP contribution is 1.98. The van der Waals surface area contributed by atoms with Crippen molar-refractivity contribution < 1.29 is 9.90 Å². The maximum absolute atomic E-state index is 10.4. The summed E-state index contributed by atoms with van der Waals surface area (Å²) >= 11 is 5.46. The fraction of sp³-hybridized carbons (Fsp3) is 0.429. The van der Waals surface area contributed by atoms with Crippen molar-refractivity contribution in [3.8, 4) is 0 Å². The first-order chi connectivity index (χ1) is 5.74. The van der Waals surface area contributed by atoms with Gasteiger partial charge in [0.2, 0.25) is 0 Å². The lowest BCUT2D eigenvalue weighted by molar-refractivity contribution is 0.0697. The molecular weight excluding hydrogens is 180 g/mol. The Morgan fingerprint density at radius 2 is 2.50 bits per heavy atom. The van der Waals surface area contributed by atoms with Crippen molar-refractivity contribution in [2.45, 2.75) is 13.0 Å². The first kappa shape index (κ1) is 9.06. The van der Waals surface area contributed by atoms with Crippen LogP contribution in [0.5, 0.6) is 0 Å². The zero-order chi connectivity index (χ0) is 8.97. The minimum atomic E-state index is -0.952. The average molecular weight is 189 g/mol. The molecule has 0 unspecified atom stereocenters. The summed E-state index contributed by atoms with van der Waals surface area (Å²) in [5.41, 5.74) is 0.213. The minimum absolute atomic E-state index is 0.213. The van der Waals surface area contributed by atoms with Crippen LogP contribution < -0.4 is 0 Å². The number of aryl methyl sites for hydroxylation is 1. The Morgan fingerprint density at radius 3 is 3.00 bits per heavy atom. The van der Waals surface area contributed by atoms with Crippen molar-refractivity contribution in [3.63, 3.8) is 0 Å². The second-order valence-corrected chi connectivity index (χ2v) is 2.72. The molecule has 0 aliphatic heterocycles. The predicted molar refractivity (Wildman–Crippen MR) is 44.5 cm³/mol. The molecule has 1 aromatic rings. The molecule has 0 amide bonds. The molecule has 0 aliphatic rings. The van der Waals surface area contributed by atoms with E-state index in [1.807, 2.05) is 0 Å². The van der Waals surface area contributed by atoms with Crippen molar-refractivity contribution in [1.29, 1.82) is 0 Å². The Kier molecular flexibility index (Phi) is 3.10. The number of carboxylic acid groups (broad SMARTS) is 1. The molecule has 1 aromatic heterocycles. The molecule has 4 nitrogen and oxygen atoms in total. The Morgan fingerprint density at radius 1 is 1.75 bits per heavy atom. The summed E-state index contributed by atoms with van der Waals surface area (Å²) in [5, 5.41) is 12.4. The van der Waals surface area contributed by atoms with Crippen molar-refractivity contribution in [2.75, 3.05) is 5.88 Å². The number of aromatic nitrogens is 2. The van der Waals surface area contributed by atoms with Gasteiger partial charge in [0, 0.05) is 18.6 Å². The van der Waals surface area contributed by atoms with E-state index in [1.54, 1.807) is 4.68 Å². The van der Waals surface area contributed by atoms with E-state index in [1.165, 1.54) is 12.4 Å². The Balaban J connectivity index is 2.58. The predicted octanol–water partition coefficient (Wildman–Crippen LogP) is 1.21. The summed E-state index contributed by atoms with van der Waals surface area (Å²) in [4.78, 5) is 10.4. The molecule has 0 atom stereocenters. The molecular formula is C7H9ClN2O2. The molecule has 1 N–H and O–H groups in total. The van der Waals surface area contributed by atoms with Crippen LogP contribution in [0.3, 0.4) is 0 Å². The van der Waals surface area contributed by atoms with Crippen LogP contribution >= 0.6 is 11.6 Å². The topological polar surface area (TPSA) is 55.1 Å². The molecule has 5 heteroatoms. The van der Waals surface area contributed by atoms with Crippen LogP contribution in [0.2, 0.25) is 0 Å². The van der Waals surface area contributed by atoms with Crippen molar-refractivity contribution in [2.24, 2.45) is 0 Å². The number of rotatable bonds is 4. The molecule has 0 aromatic carbocycles. The van der Waals surface area contributed by atoms with E-state index in [0.717, 1.165) is 6.42 Å². The van der Waals surface area contributed by atoms with Gasteiger partial charge in [-0.25, -0.2) is 4.79 Å². The van der Waals surface area contributed by atoms with E-state index in [9.17, 15) is 4.79 Å². The van der Waals surface area contributed by atoms with Gasteiger partial charge in [-0.2, -0.15) is 5.10 Å². The van der Waals surface area contributed by atoms with Gasteiger partial charge in [0.15, 0.2) is 0 Å². The molecule has 0 aliphatic carbocycles. The fourth-order valence-corrected chi connectivity index (χ4v) is 0.938. The second kappa shape index (κ2) is 4.11. The van der Waals surface area contributed by atoms with E-state index in [2.05, 4.69) is 5.10 Å². The lowest BCUT2D eigenvalue weighted by Gasteiger charge is -1.95. The lowest BCUT2D eigenvalue weighted by Crippen LogP contribution is -1.99. The summed E-state index contributed by atoms with van der Waals surface area (Å²) in [6, 6.07) is 0. The van der Waals surface area contributed by atoms with Crippen LogP contribution in [-0.2, 0) is 6.54 Å². The van der Waals surface area contributed by atoms with Crippen LogP contribution in [0.15, 0.2) is 12.4 Å². The van der Waals surface area contributed by atoms with Crippen molar-refractivity contribution in [3.05, 3.63) is 18.0 Å². The zero-order valence-electron chi connectivity index (χ0n) is 6.40. The molecule has 12 heavy (non-hydrogen) atoms. The van der Waals surface area contributed by atoms with Crippen molar-refractivity contribution in [1.82, 2.24) is 9.78 Å². The first-order valence-corrected chi connectivity index (χ1v) is 4.09. The SMILES string of the molecule is O=C(O)c1cnn(CCCCl)c1. The molecule has 0 saturated carbocycles. The van der Waals surface area contributed by atoms with Gasteiger partial charge in [-0.1, -0.05) is 0 Å². The summed E-state index contributed by atoms with van der Waals surface area (Å²) in [6.07, 6.45) is 3.62. The van der Waals surface area contributed by atoms with E-state index >= 15 is 0 Å². The Labute approximate surface area is 74.8 Å². The zero-order valence-corrected chi connectivity index (χ0v) is 7.16. The highest BCUT2D eigenvalue weighted by molar-refractivity contribution is 6.17. The first-order valence-electron chi connectivity index (χ1n) is 3.55. The summed E-state index contributed by atoms with van der Waals surface area (Å²) < 4.78 is 1.58. The second-order valence-electron chi connectivity index (χ2n) is 2.34. The molecule has 0 fully saturated rings. The molecule has 0 saturated heterocycles. The smallest absolute Gasteiger partial charge is 0.338 e. The summed E-state index contributed by atoms with van der Waals surface area (Å²) in [6.45, 7) is 0.663. The number of hydrogen-bond donors (Lipinski definition) is 1. The Bertz CT molecular complexity index is 272. The maximum Gasteiger partial charge on any atom is 0.338 e. The molecule has 0 spiro atoms. The van der Waals surface area contributed by atoms with E-state index < -0.39 is 5.97 Å². The van der Waals surface area contributed by atoms with Crippen LogP contribution in [-0.4, -0.2) is 26.7 Å². The minimum Gasteiger partial charge on any atom is -0.478 e. The summed E-state index contributed by atoms with van der Waals surface area (Å²) in [5.74, 6) is -0.394. The fourth-order valence-electron chi connectivity index (χ4n) is 0.818. The van der Waals surface area contributed by atoms with E-state index in [4.69, 9.17) is 16.7 Å². The van der Waals surface area contributed by atoms with Crippen molar-refractivity contribution >= 4 is 17.6 Å². The van der Waals surface area contributed by atoms with Gasteiger partial charge >= 0.3 is 5.97 Å². The van der Waals surface area contributed by atoms with Crippen LogP contribution in [0.1, 0.15) is 16.8 Å². The number of hydrogen-bond acceptors (Lipinski definition) is 2. The standard InChI is InChI=1S/C7H9ClN2O2/c8-2-1-3-10-5-6(4-9-10)7(11)12/h4-5H,1-3H2,(H,11,12). The number of carbonyl (C=O) groups is 1. The van der Waals surface area contributed by atoms with Gasteiger partial charge < -0.3 is 5.11 Å².